The molecule has 28 heavy (non-hydrogen) atoms. The summed E-state index contributed by atoms with van der Waals surface area (Å²) in [7, 11) is 1.61. The molecule has 1 amide bonds. The van der Waals surface area contributed by atoms with Crippen molar-refractivity contribution in [2.75, 3.05) is 7.11 Å². The molecule has 0 saturated heterocycles. The van der Waals surface area contributed by atoms with Crippen LogP contribution in [0.25, 0.3) is 11.0 Å². The van der Waals surface area contributed by atoms with E-state index in [0.717, 1.165) is 48.3 Å². The lowest BCUT2D eigenvalue weighted by atomic mass is 9.95. The van der Waals surface area contributed by atoms with Gasteiger partial charge < -0.3 is 10.1 Å². The second kappa shape index (κ2) is 7.80. The van der Waals surface area contributed by atoms with Crippen LogP contribution in [0, 0.1) is 0 Å². The van der Waals surface area contributed by atoms with E-state index in [2.05, 4.69) is 15.3 Å². The SMILES string of the molecule is COc1ccc(CNC(=O)Cn2cnc3nc4c(cc3c2=O)CCCC4)cc1. The van der Waals surface area contributed by atoms with Crippen molar-refractivity contribution in [3.8, 4) is 5.75 Å². The molecule has 0 saturated carbocycles. The maximum atomic E-state index is 12.8. The molecule has 1 aliphatic rings. The fraction of sp³-hybridized carbons (Fsp3) is 0.333. The molecule has 1 N–H and O–H groups in total. The number of benzene rings is 1. The number of fused-ring (bicyclic) bond motifs is 2. The van der Waals surface area contributed by atoms with Crippen molar-refractivity contribution in [1.82, 2.24) is 19.9 Å². The Kier molecular flexibility index (Phi) is 5.06. The highest BCUT2D eigenvalue weighted by atomic mass is 16.5. The van der Waals surface area contributed by atoms with Crippen LogP contribution in [0.5, 0.6) is 5.75 Å². The van der Waals surface area contributed by atoms with Crippen molar-refractivity contribution in [1.29, 1.82) is 0 Å². The van der Waals surface area contributed by atoms with Crippen LogP contribution < -0.4 is 15.6 Å². The molecule has 3 aromatic rings. The third kappa shape index (κ3) is 3.74. The van der Waals surface area contributed by atoms with Crippen molar-refractivity contribution >= 4 is 16.9 Å². The van der Waals surface area contributed by atoms with E-state index in [1.807, 2.05) is 30.3 Å². The number of nitrogens with one attached hydrogen (secondary N) is 1. The Hall–Kier alpha value is -3.22. The number of pyridine rings is 1. The van der Waals surface area contributed by atoms with Crippen LogP contribution in [0.3, 0.4) is 0 Å². The molecule has 2 heterocycles. The zero-order valence-electron chi connectivity index (χ0n) is 15.8. The largest absolute Gasteiger partial charge is 0.497 e. The quantitative estimate of drug-likeness (QED) is 0.734. The molecule has 1 aromatic carbocycles. The summed E-state index contributed by atoms with van der Waals surface area (Å²) in [6, 6.07) is 9.35. The van der Waals surface area contributed by atoms with Gasteiger partial charge in [-0.25, -0.2) is 9.97 Å². The third-order valence-electron chi connectivity index (χ3n) is 5.05. The number of aromatic nitrogens is 3. The number of methoxy groups -OCH3 is 1. The Labute approximate surface area is 162 Å². The Morgan fingerprint density at radius 2 is 2.00 bits per heavy atom. The lowest BCUT2D eigenvalue weighted by Crippen LogP contribution is -2.32. The molecule has 144 valence electrons. The molecule has 1 aliphatic carbocycles. The maximum Gasteiger partial charge on any atom is 0.263 e. The Morgan fingerprint density at radius 3 is 2.79 bits per heavy atom. The molecule has 0 radical (unpaired) electrons. The number of nitrogens with zero attached hydrogens (tertiary/aromatic N) is 3. The van der Waals surface area contributed by atoms with Gasteiger partial charge in [0.15, 0.2) is 5.65 Å². The van der Waals surface area contributed by atoms with Crippen LogP contribution in [0.4, 0.5) is 0 Å². The van der Waals surface area contributed by atoms with E-state index in [-0.39, 0.29) is 18.0 Å². The first-order chi connectivity index (χ1) is 13.6. The standard InChI is InChI=1S/C21H22N4O3/c1-28-16-8-6-14(7-9-16)11-22-19(26)12-25-13-23-20-17(21(25)27)10-15-4-2-3-5-18(15)24-20/h6-10,13H,2-5,11-12H2,1H3,(H,22,26). The minimum Gasteiger partial charge on any atom is -0.497 e. The van der Waals surface area contributed by atoms with Gasteiger partial charge in [-0.3, -0.25) is 14.2 Å². The third-order valence-corrected chi connectivity index (χ3v) is 5.05. The Morgan fingerprint density at radius 1 is 1.21 bits per heavy atom. The Bertz CT molecular complexity index is 1070. The van der Waals surface area contributed by atoms with Gasteiger partial charge in [-0.15, -0.1) is 0 Å². The van der Waals surface area contributed by atoms with Crippen LogP contribution >= 0.6 is 0 Å². The van der Waals surface area contributed by atoms with Crippen molar-refractivity contribution < 1.29 is 9.53 Å². The lowest BCUT2D eigenvalue weighted by molar-refractivity contribution is -0.121. The molecule has 0 unspecified atom stereocenters. The predicted molar refractivity (Wildman–Crippen MR) is 105 cm³/mol. The highest BCUT2D eigenvalue weighted by Crippen LogP contribution is 2.21. The van der Waals surface area contributed by atoms with E-state index >= 15 is 0 Å². The number of rotatable bonds is 5. The minimum absolute atomic E-state index is 0.0744. The number of amides is 1. The summed E-state index contributed by atoms with van der Waals surface area (Å²) in [5.74, 6) is 0.518. The van der Waals surface area contributed by atoms with E-state index in [4.69, 9.17) is 4.74 Å². The molecule has 0 bridgehead atoms. The normalized spacial score (nSPS) is 13.2. The van der Waals surface area contributed by atoms with Gasteiger partial charge in [0.25, 0.3) is 5.56 Å². The lowest BCUT2D eigenvalue weighted by Gasteiger charge is -2.15. The second-order valence-electron chi connectivity index (χ2n) is 6.97. The molecule has 2 aromatic heterocycles. The van der Waals surface area contributed by atoms with Crippen LogP contribution in [0.1, 0.15) is 29.7 Å². The zero-order valence-corrected chi connectivity index (χ0v) is 15.8. The number of carbonyl (C=O) groups is 1. The summed E-state index contributed by atoms with van der Waals surface area (Å²) in [6.07, 6.45) is 5.51. The van der Waals surface area contributed by atoms with Gasteiger partial charge in [0.1, 0.15) is 18.6 Å². The first-order valence-electron chi connectivity index (χ1n) is 9.41. The molecule has 0 spiro atoms. The van der Waals surface area contributed by atoms with Gasteiger partial charge in [0, 0.05) is 12.2 Å². The van der Waals surface area contributed by atoms with E-state index < -0.39 is 0 Å². The summed E-state index contributed by atoms with van der Waals surface area (Å²) in [4.78, 5) is 33.9. The zero-order chi connectivity index (χ0) is 19.5. The highest BCUT2D eigenvalue weighted by Gasteiger charge is 2.15. The van der Waals surface area contributed by atoms with E-state index in [9.17, 15) is 9.59 Å². The molecule has 4 rings (SSSR count). The summed E-state index contributed by atoms with van der Waals surface area (Å²) < 4.78 is 6.46. The van der Waals surface area contributed by atoms with Crippen LogP contribution in [0.2, 0.25) is 0 Å². The van der Waals surface area contributed by atoms with Gasteiger partial charge >= 0.3 is 0 Å². The van der Waals surface area contributed by atoms with Crippen molar-refractivity contribution in [2.24, 2.45) is 0 Å². The fourth-order valence-corrected chi connectivity index (χ4v) is 3.48. The van der Waals surface area contributed by atoms with Gasteiger partial charge in [-0.2, -0.15) is 0 Å². The summed E-state index contributed by atoms with van der Waals surface area (Å²) in [5.41, 5.74) is 3.35. The first kappa shape index (κ1) is 18.2. The summed E-state index contributed by atoms with van der Waals surface area (Å²) in [6.45, 7) is 0.308. The van der Waals surface area contributed by atoms with Gasteiger partial charge in [-0.1, -0.05) is 12.1 Å². The topological polar surface area (TPSA) is 86.1 Å². The van der Waals surface area contributed by atoms with Gasteiger partial charge in [0.05, 0.1) is 12.5 Å². The first-order valence-corrected chi connectivity index (χ1v) is 9.41. The fourth-order valence-electron chi connectivity index (χ4n) is 3.48. The van der Waals surface area contributed by atoms with E-state index in [1.54, 1.807) is 7.11 Å². The van der Waals surface area contributed by atoms with Crippen molar-refractivity contribution in [3.05, 3.63) is 63.8 Å². The number of hydrogen-bond acceptors (Lipinski definition) is 5. The number of ether oxygens (including phenoxy) is 1. The number of aryl methyl sites for hydroxylation is 2. The summed E-state index contributed by atoms with van der Waals surface area (Å²) in [5, 5.41) is 3.31. The maximum absolute atomic E-state index is 12.8. The molecular formula is C21H22N4O3. The average molecular weight is 378 g/mol. The van der Waals surface area contributed by atoms with Gasteiger partial charge in [0.2, 0.25) is 5.91 Å². The highest BCUT2D eigenvalue weighted by molar-refractivity contribution is 5.77. The van der Waals surface area contributed by atoms with Crippen molar-refractivity contribution in [2.45, 2.75) is 38.8 Å². The minimum atomic E-state index is -0.245. The predicted octanol–water partition coefficient (Wildman–Crippen LogP) is 2.00. The molecule has 0 fully saturated rings. The molecule has 0 aliphatic heterocycles. The van der Waals surface area contributed by atoms with Crippen LogP contribution in [-0.4, -0.2) is 27.6 Å². The van der Waals surface area contributed by atoms with Crippen LogP contribution in [0.15, 0.2) is 41.5 Å². The number of hydrogen-bond donors (Lipinski definition) is 1. The molecule has 7 heteroatoms. The average Bonchev–Trinajstić information content (AvgIpc) is 2.73. The van der Waals surface area contributed by atoms with E-state index in [0.29, 0.717) is 17.6 Å². The van der Waals surface area contributed by atoms with Crippen molar-refractivity contribution in [3.63, 3.8) is 0 Å². The van der Waals surface area contributed by atoms with E-state index in [1.165, 1.54) is 10.9 Å². The molecule has 0 atom stereocenters. The monoisotopic (exact) mass is 378 g/mol. The summed E-state index contributed by atoms with van der Waals surface area (Å²) >= 11 is 0. The van der Waals surface area contributed by atoms with Crippen LogP contribution in [-0.2, 0) is 30.7 Å². The second-order valence-corrected chi connectivity index (χ2v) is 6.97. The molecule has 7 nitrogen and oxygen atoms in total. The Balaban J connectivity index is 1.48. The molecular weight excluding hydrogens is 356 g/mol. The smallest absolute Gasteiger partial charge is 0.263 e. The van der Waals surface area contributed by atoms with Gasteiger partial charge in [-0.05, 0) is 55.0 Å². The number of carbonyl (C=O) groups excluding carboxylic acids is 1.